The lowest BCUT2D eigenvalue weighted by Gasteiger charge is -2.06. The Hall–Kier alpha value is -0.380. The Labute approximate surface area is 78.4 Å². The van der Waals surface area contributed by atoms with Crippen LogP contribution in [0.1, 0.15) is 33.1 Å². The van der Waals surface area contributed by atoms with Crippen LogP contribution in [-0.4, -0.2) is 22.0 Å². The topological polar surface area (TPSA) is 58.6 Å². The summed E-state index contributed by atoms with van der Waals surface area (Å²) in [6.45, 7) is 4.40. The van der Waals surface area contributed by atoms with Crippen molar-refractivity contribution in [2.75, 3.05) is 5.75 Å². The van der Waals surface area contributed by atoms with Gasteiger partial charge in [-0.2, -0.15) is 11.8 Å². The number of nitrogens with two attached hydrogens (primary N) is 1. The van der Waals surface area contributed by atoms with Gasteiger partial charge < -0.3 is 10.9 Å². The summed E-state index contributed by atoms with van der Waals surface area (Å²) in [4.78, 5) is 0. The van der Waals surface area contributed by atoms with E-state index in [0.717, 1.165) is 17.4 Å². The first-order valence-corrected chi connectivity index (χ1v) is 5.33. The van der Waals surface area contributed by atoms with E-state index in [1.165, 1.54) is 6.42 Å². The van der Waals surface area contributed by atoms with E-state index < -0.39 is 0 Å². The van der Waals surface area contributed by atoms with Gasteiger partial charge in [0.05, 0.1) is 0 Å². The van der Waals surface area contributed by atoms with Gasteiger partial charge in [0, 0.05) is 11.7 Å². The van der Waals surface area contributed by atoms with Crippen molar-refractivity contribution in [3.63, 3.8) is 0 Å². The molecular formula is C8H18N2OS. The van der Waals surface area contributed by atoms with Gasteiger partial charge in [0.15, 0.2) is 0 Å². The second kappa shape index (κ2) is 7.28. The van der Waals surface area contributed by atoms with E-state index in [2.05, 4.69) is 19.0 Å². The first-order chi connectivity index (χ1) is 5.70. The molecule has 72 valence electrons. The average Bonchev–Trinajstić information content (AvgIpc) is 2.11. The average molecular weight is 190 g/mol. The lowest BCUT2D eigenvalue weighted by molar-refractivity contribution is 0.317. The van der Waals surface area contributed by atoms with Gasteiger partial charge in [0.25, 0.3) is 0 Å². The number of amidine groups is 1. The van der Waals surface area contributed by atoms with Crippen LogP contribution in [0, 0.1) is 0 Å². The Balaban J connectivity index is 3.21. The van der Waals surface area contributed by atoms with Gasteiger partial charge in [-0.3, -0.25) is 0 Å². The van der Waals surface area contributed by atoms with Crippen LogP contribution in [0.3, 0.4) is 0 Å². The lowest BCUT2D eigenvalue weighted by atomic mass is 10.3. The number of thioether (sulfide) groups is 1. The van der Waals surface area contributed by atoms with Crippen molar-refractivity contribution in [1.29, 1.82) is 0 Å². The fraction of sp³-hybridized carbons (Fsp3) is 0.875. The number of rotatable bonds is 6. The highest BCUT2D eigenvalue weighted by molar-refractivity contribution is 7.99. The zero-order chi connectivity index (χ0) is 9.40. The Morgan fingerprint density at radius 1 is 1.67 bits per heavy atom. The van der Waals surface area contributed by atoms with Gasteiger partial charge in [-0.25, -0.2) is 0 Å². The standard InChI is InChI=1S/C8H18N2OS/c1-3-7(2)12-6-4-5-8(9)10-11/h7,11H,3-6H2,1-2H3,(H2,9,10). The predicted octanol–water partition coefficient (Wildman–Crippen LogP) is 2.04. The summed E-state index contributed by atoms with van der Waals surface area (Å²) in [5, 5.41) is 11.9. The summed E-state index contributed by atoms with van der Waals surface area (Å²) < 4.78 is 0. The Morgan fingerprint density at radius 2 is 2.33 bits per heavy atom. The molecule has 0 bridgehead atoms. The van der Waals surface area contributed by atoms with Crippen LogP contribution in [-0.2, 0) is 0 Å². The number of hydrogen-bond donors (Lipinski definition) is 2. The maximum absolute atomic E-state index is 8.25. The second-order valence-electron chi connectivity index (χ2n) is 2.78. The Bertz CT molecular complexity index is 139. The van der Waals surface area contributed by atoms with E-state index >= 15 is 0 Å². The third-order valence-corrected chi connectivity index (χ3v) is 3.11. The van der Waals surface area contributed by atoms with Gasteiger partial charge in [-0.15, -0.1) is 0 Å². The van der Waals surface area contributed by atoms with Gasteiger partial charge >= 0.3 is 0 Å². The smallest absolute Gasteiger partial charge is 0.139 e. The molecule has 1 atom stereocenters. The molecule has 3 N–H and O–H groups in total. The van der Waals surface area contributed by atoms with Crippen LogP contribution in [0.4, 0.5) is 0 Å². The molecular weight excluding hydrogens is 172 g/mol. The predicted molar refractivity (Wildman–Crippen MR) is 54.9 cm³/mol. The molecule has 0 amide bonds. The maximum Gasteiger partial charge on any atom is 0.139 e. The summed E-state index contributed by atoms with van der Waals surface area (Å²) in [6, 6.07) is 0. The van der Waals surface area contributed by atoms with Gasteiger partial charge in [0.2, 0.25) is 0 Å². The molecule has 0 aromatic carbocycles. The monoisotopic (exact) mass is 190 g/mol. The molecule has 0 saturated carbocycles. The van der Waals surface area contributed by atoms with Crippen LogP contribution in [0.25, 0.3) is 0 Å². The molecule has 0 aliphatic carbocycles. The molecule has 1 unspecified atom stereocenters. The highest BCUT2D eigenvalue weighted by atomic mass is 32.2. The molecule has 0 aliphatic heterocycles. The SMILES string of the molecule is CCC(C)SCCC/C(N)=N/O. The Morgan fingerprint density at radius 3 is 2.83 bits per heavy atom. The van der Waals surface area contributed by atoms with Crippen molar-refractivity contribution in [3.8, 4) is 0 Å². The highest BCUT2D eigenvalue weighted by Crippen LogP contribution is 2.14. The number of hydrogen-bond acceptors (Lipinski definition) is 3. The molecule has 0 radical (unpaired) electrons. The van der Waals surface area contributed by atoms with Gasteiger partial charge in [-0.1, -0.05) is 19.0 Å². The van der Waals surface area contributed by atoms with Crippen molar-refractivity contribution >= 4 is 17.6 Å². The molecule has 0 fully saturated rings. The summed E-state index contributed by atoms with van der Waals surface area (Å²) in [7, 11) is 0. The summed E-state index contributed by atoms with van der Waals surface area (Å²) in [5.41, 5.74) is 5.31. The quantitative estimate of drug-likeness (QED) is 0.221. The summed E-state index contributed by atoms with van der Waals surface area (Å²) in [6.07, 6.45) is 2.89. The molecule has 0 aliphatic rings. The molecule has 0 aromatic rings. The molecule has 0 aromatic heterocycles. The van der Waals surface area contributed by atoms with E-state index in [1.807, 2.05) is 11.8 Å². The van der Waals surface area contributed by atoms with E-state index in [1.54, 1.807) is 0 Å². The van der Waals surface area contributed by atoms with Crippen LogP contribution < -0.4 is 5.73 Å². The molecule has 4 heteroatoms. The first kappa shape index (κ1) is 11.6. The van der Waals surface area contributed by atoms with Crippen molar-refractivity contribution in [1.82, 2.24) is 0 Å². The van der Waals surface area contributed by atoms with Crippen LogP contribution in [0.15, 0.2) is 5.16 Å². The zero-order valence-corrected chi connectivity index (χ0v) is 8.60. The molecule has 0 heterocycles. The van der Waals surface area contributed by atoms with E-state index in [-0.39, 0.29) is 0 Å². The normalized spacial score (nSPS) is 14.7. The minimum absolute atomic E-state index is 0.333. The number of oxime groups is 1. The minimum Gasteiger partial charge on any atom is -0.409 e. The van der Waals surface area contributed by atoms with E-state index in [4.69, 9.17) is 10.9 Å². The minimum atomic E-state index is 0.333. The van der Waals surface area contributed by atoms with Crippen molar-refractivity contribution in [3.05, 3.63) is 0 Å². The van der Waals surface area contributed by atoms with Gasteiger partial charge in [0.1, 0.15) is 5.84 Å². The highest BCUT2D eigenvalue weighted by Gasteiger charge is 1.99. The largest absolute Gasteiger partial charge is 0.409 e. The first-order valence-electron chi connectivity index (χ1n) is 4.28. The molecule has 0 spiro atoms. The number of nitrogens with zero attached hydrogens (tertiary/aromatic N) is 1. The fourth-order valence-corrected chi connectivity index (χ4v) is 1.65. The molecule has 0 rings (SSSR count). The Kier molecular flexibility index (Phi) is 7.05. The molecule has 0 saturated heterocycles. The molecule has 12 heavy (non-hydrogen) atoms. The molecule has 3 nitrogen and oxygen atoms in total. The van der Waals surface area contributed by atoms with Crippen molar-refractivity contribution in [2.45, 2.75) is 38.4 Å². The van der Waals surface area contributed by atoms with Crippen molar-refractivity contribution in [2.24, 2.45) is 10.9 Å². The van der Waals surface area contributed by atoms with Crippen LogP contribution in [0.5, 0.6) is 0 Å². The fourth-order valence-electron chi connectivity index (χ4n) is 0.706. The third-order valence-electron chi connectivity index (χ3n) is 1.68. The summed E-state index contributed by atoms with van der Waals surface area (Å²) in [5.74, 6) is 1.42. The van der Waals surface area contributed by atoms with Crippen LogP contribution >= 0.6 is 11.8 Å². The van der Waals surface area contributed by atoms with Gasteiger partial charge in [-0.05, 0) is 18.6 Å². The van der Waals surface area contributed by atoms with Crippen LogP contribution in [0.2, 0.25) is 0 Å². The second-order valence-corrected chi connectivity index (χ2v) is 4.33. The van der Waals surface area contributed by atoms with Crippen molar-refractivity contribution < 1.29 is 5.21 Å². The zero-order valence-electron chi connectivity index (χ0n) is 7.79. The maximum atomic E-state index is 8.25. The van der Waals surface area contributed by atoms with E-state index in [0.29, 0.717) is 12.3 Å². The lowest BCUT2D eigenvalue weighted by Crippen LogP contribution is -2.11. The van der Waals surface area contributed by atoms with E-state index in [9.17, 15) is 0 Å². The summed E-state index contributed by atoms with van der Waals surface area (Å²) >= 11 is 1.94. The third kappa shape index (κ3) is 6.34.